The topological polar surface area (TPSA) is 88.5 Å². The molecular formula is C17H19FN6O. The van der Waals surface area contributed by atoms with Crippen molar-refractivity contribution >= 4 is 5.91 Å². The van der Waals surface area contributed by atoms with Crippen LogP contribution in [0.2, 0.25) is 0 Å². The van der Waals surface area contributed by atoms with Gasteiger partial charge in [0.05, 0.1) is 12.2 Å². The van der Waals surface area contributed by atoms with Crippen molar-refractivity contribution in [2.45, 2.75) is 33.4 Å². The number of amides is 1. The van der Waals surface area contributed by atoms with Gasteiger partial charge in [-0.3, -0.25) is 14.6 Å². The van der Waals surface area contributed by atoms with Crippen LogP contribution in [0.4, 0.5) is 4.39 Å². The summed E-state index contributed by atoms with van der Waals surface area (Å²) in [6.07, 6.45) is 0. The number of H-pyrrole nitrogens is 1. The molecule has 2 aromatic heterocycles. The van der Waals surface area contributed by atoms with Crippen LogP contribution in [0.1, 0.15) is 30.2 Å². The second-order valence-electron chi connectivity index (χ2n) is 5.88. The Balaban J connectivity index is 1.63. The molecular weight excluding hydrogens is 323 g/mol. The SMILES string of the molecule is Cc1cc(C)n([C@@H](C)C(=O)NCc2nc(-c3ccc(F)cc3)n[nH]2)n1. The van der Waals surface area contributed by atoms with E-state index in [4.69, 9.17) is 0 Å². The summed E-state index contributed by atoms with van der Waals surface area (Å²) in [7, 11) is 0. The summed E-state index contributed by atoms with van der Waals surface area (Å²) in [6, 6.07) is 7.41. The van der Waals surface area contributed by atoms with E-state index in [0.29, 0.717) is 17.2 Å². The molecule has 0 saturated heterocycles. The fourth-order valence-electron chi connectivity index (χ4n) is 2.57. The van der Waals surface area contributed by atoms with Gasteiger partial charge in [0.15, 0.2) is 5.82 Å². The fraction of sp³-hybridized carbons (Fsp3) is 0.294. The van der Waals surface area contributed by atoms with Crippen molar-refractivity contribution in [3.05, 3.63) is 53.4 Å². The van der Waals surface area contributed by atoms with Crippen LogP contribution >= 0.6 is 0 Å². The van der Waals surface area contributed by atoms with Crippen LogP contribution < -0.4 is 5.32 Å². The Hall–Kier alpha value is -3.03. The first-order valence-corrected chi connectivity index (χ1v) is 7.91. The normalized spacial score (nSPS) is 12.2. The fourth-order valence-corrected chi connectivity index (χ4v) is 2.57. The summed E-state index contributed by atoms with van der Waals surface area (Å²) in [4.78, 5) is 16.6. The molecule has 0 fully saturated rings. The number of carbonyl (C=O) groups excluding carboxylic acids is 1. The van der Waals surface area contributed by atoms with Crippen molar-refractivity contribution in [2.24, 2.45) is 0 Å². The molecule has 0 saturated carbocycles. The van der Waals surface area contributed by atoms with E-state index in [1.54, 1.807) is 23.7 Å². The molecule has 3 aromatic rings. The number of hydrogen-bond acceptors (Lipinski definition) is 4. The monoisotopic (exact) mass is 342 g/mol. The van der Waals surface area contributed by atoms with E-state index in [2.05, 4.69) is 25.6 Å². The zero-order valence-corrected chi connectivity index (χ0v) is 14.2. The van der Waals surface area contributed by atoms with E-state index in [9.17, 15) is 9.18 Å². The highest BCUT2D eigenvalue weighted by Crippen LogP contribution is 2.15. The van der Waals surface area contributed by atoms with E-state index in [1.807, 2.05) is 19.9 Å². The Kier molecular flexibility index (Phi) is 4.60. The Morgan fingerprint density at radius 2 is 2.04 bits per heavy atom. The smallest absolute Gasteiger partial charge is 0.244 e. The molecule has 1 amide bonds. The van der Waals surface area contributed by atoms with Crippen molar-refractivity contribution in [1.29, 1.82) is 0 Å². The largest absolute Gasteiger partial charge is 0.347 e. The second kappa shape index (κ2) is 6.84. The van der Waals surface area contributed by atoms with Gasteiger partial charge in [-0.15, -0.1) is 0 Å². The minimum absolute atomic E-state index is 0.161. The number of carbonyl (C=O) groups is 1. The molecule has 8 heteroatoms. The molecule has 2 heterocycles. The van der Waals surface area contributed by atoms with Gasteiger partial charge in [0.2, 0.25) is 5.91 Å². The molecule has 0 radical (unpaired) electrons. The average Bonchev–Trinajstić information content (AvgIpc) is 3.19. The molecule has 0 aliphatic rings. The van der Waals surface area contributed by atoms with E-state index in [1.165, 1.54) is 12.1 Å². The van der Waals surface area contributed by atoms with Crippen LogP contribution in [-0.4, -0.2) is 30.9 Å². The summed E-state index contributed by atoms with van der Waals surface area (Å²) in [5, 5.41) is 14.0. The first kappa shape index (κ1) is 16.8. The maximum absolute atomic E-state index is 13.0. The van der Waals surface area contributed by atoms with Crippen molar-refractivity contribution in [3.63, 3.8) is 0 Å². The van der Waals surface area contributed by atoms with E-state index in [-0.39, 0.29) is 18.3 Å². The molecule has 25 heavy (non-hydrogen) atoms. The van der Waals surface area contributed by atoms with Crippen LogP contribution in [-0.2, 0) is 11.3 Å². The van der Waals surface area contributed by atoms with E-state index >= 15 is 0 Å². The number of nitrogens with zero attached hydrogens (tertiary/aromatic N) is 4. The van der Waals surface area contributed by atoms with Gasteiger partial charge in [-0.05, 0) is 51.1 Å². The summed E-state index contributed by atoms with van der Waals surface area (Å²) in [5.74, 6) is 0.500. The third kappa shape index (κ3) is 3.73. The molecule has 0 aliphatic heterocycles. The van der Waals surface area contributed by atoms with Crippen molar-refractivity contribution in [3.8, 4) is 11.4 Å². The maximum atomic E-state index is 13.0. The number of halogens is 1. The average molecular weight is 342 g/mol. The zero-order chi connectivity index (χ0) is 18.0. The number of aryl methyl sites for hydroxylation is 2. The van der Waals surface area contributed by atoms with Gasteiger partial charge in [-0.1, -0.05) is 0 Å². The number of nitrogens with one attached hydrogen (secondary N) is 2. The quantitative estimate of drug-likeness (QED) is 0.745. The summed E-state index contributed by atoms with van der Waals surface area (Å²) >= 11 is 0. The lowest BCUT2D eigenvalue weighted by molar-refractivity contribution is -0.124. The summed E-state index contributed by atoms with van der Waals surface area (Å²) < 4.78 is 14.6. The van der Waals surface area contributed by atoms with Crippen LogP contribution in [0.5, 0.6) is 0 Å². The predicted molar refractivity (Wildman–Crippen MR) is 90.0 cm³/mol. The Morgan fingerprint density at radius 1 is 1.32 bits per heavy atom. The van der Waals surface area contributed by atoms with Crippen molar-refractivity contribution < 1.29 is 9.18 Å². The molecule has 130 valence electrons. The number of aromatic nitrogens is 5. The lowest BCUT2D eigenvalue weighted by Crippen LogP contribution is -2.31. The molecule has 1 aromatic carbocycles. The highest BCUT2D eigenvalue weighted by molar-refractivity contribution is 5.79. The Bertz CT molecular complexity index is 883. The molecule has 0 aliphatic carbocycles. The standard InChI is InChI=1S/C17H19FN6O/c1-10-8-11(2)24(23-10)12(3)17(25)19-9-15-20-16(22-21-15)13-4-6-14(18)7-5-13/h4-8,12H,9H2,1-3H3,(H,19,25)(H,20,21,22)/t12-/m0/s1. The van der Waals surface area contributed by atoms with Crippen molar-refractivity contribution in [1.82, 2.24) is 30.3 Å². The highest BCUT2D eigenvalue weighted by Gasteiger charge is 2.18. The Morgan fingerprint density at radius 3 is 2.68 bits per heavy atom. The van der Waals surface area contributed by atoms with Crippen molar-refractivity contribution in [2.75, 3.05) is 0 Å². The van der Waals surface area contributed by atoms with Gasteiger partial charge in [0, 0.05) is 11.3 Å². The number of hydrogen-bond donors (Lipinski definition) is 2. The number of aromatic amines is 1. The lowest BCUT2D eigenvalue weighted by atomic mass is 10.2. The third-order valence-electron chi connectivity index (χ3n) is 3.86. The van der Waals surface area contributed by atoms with E-state index < -0.39 is 6.04 Å². The maximum Gasteiger partial charge on any atom is 0.244 e. The minimum Gasteiger partial charge on any atom is -0.347 e. The second-order valence-corrected chi connectivity index (χ2v) is 5.88. The van der Waals surface area contributed by atoms with Gasteiger partial charge in [-0.25, -0.2) is 9.37 Å². The molecule has 7 nitrogen and oxygen atoms in total. The highest BCUT2D eigenvalue weighted by atomic mass is 19.1. The predicted octanol–water partition coefficient (Wildman–Crippen LogP) is 2.30. The van der Waals surface area contributed by atoms with Gasteiger partial charge < -0.3 is 5.32 Å². The van der Waals surface area contributed by atoms with Gasteiger partial charge in [0.1, 0.15) is 17.7 Å². The number of rotatable bonds is 5. The lowest BCUT2D eigenvalue weighted by Gasteiger charge is -2.13. The minimum atomic E-state index is -0.423. The van der Waals surface area contributed by atoms with Gasteiger partial charge in [0.25, 0.3) is 0 Å². The molecule has 1 atom stereocenters. The zero-order valence-electron chi connectivity index (χ0n) is 14.2. The first-order chi connectivity index (χ1) is 11.9. The molecule has 0 bridgehead atoms. The van der Waals surface area contributed by atoms with Gasteiger partial charge >= 0.3 is 0 Å². The number of benzene rings is 1. The van der Waals surface area contributed by atoms with Crippen LogP contribution in [0, 0.1) is 19.7 Å². The third-order valence-corrected chi connectivity index (χ3v) is 3.86. The molecule has 2 N–H and O–H groups in total. The molecule has 3 rings (SSSR count). The van der Waals surface area contributed by atoms with E-state index in [0.717, 1.165) is 11.4 Å². The molecule has 0 unspecified atom stereocenters. The van der Waals surface area contributed by atoms with Crippen LogP contribution in [0.25, 0.3) is 11.4 Å². The van der Waals surface area contributed by atoms with Gasteiger partial charge in [-0.2, -0.15) is 10.2 Å². The van der Waals surface area contributed by atoms with Crippen LogP contribution in [0.15, 0.2) is 30.3 Å². The summed E-state index contributed by atoms with van der Waals surface area (Å²) in [5.41, 5.74) is 2.50. The molecule has 0 spiro atoms. The summed E-state index contributed by atoms with van der Waals surface area (Å²) in [6.45, 7) is 5.81. The van der Waals surface area contributed by atoms with Crippen LogP contribution in [0.3, 0.4) is 0 Å². The first-order valence-electron chi connectivity index (χ1n) is 7.91. The Labute approximate surface area is 144 Å².